The van der Waals surface area contributed by atoms with Gasteiger partial charge in [-0.15, -0.1) is 0 Å². The maximum atomic E-state index is 12.6. The van der Waals surface area contributed by atoms with Crippen molar-refractivity contribution in [3.05, 3.63) is 83.5 Å². The number of halogens is 1. The number of amides is 1. The average Bonchev–Trinajstić information content (AvgIpc) is 3.28. The summed E-state index contributed by atoms with van der Waals surface area (Å²) in [6.07, 6.45) is 7.11. The minimum Gasteiger partial charge on any atom is -0.346 e. The third kappa shape index (κ3) is 3.12. The minimum atomic E-state index is -0.179. The van der Waals surface area contributed by atoms with Crippen molar-refractivity contribution in [3.8, 4) is 5.69 Å². The van der Waals surface area contributed by atoms with Gasteiger partial charge in [0.2, 0.25) is 0 Å². The molecule has 1 N–H and O–H groups in total. The highest BCUT2D eigenvalue weighted by atomic mass is 35.5. The highest BCUT2D eigenvalue weighted by Crippen LogP contribution is 2.14. The molecular weight excluding hydrogens is 338 g/mol. The van der Waals surface area contributed by atoms with E-state index in [0.29, 0.717) is 17.1 Å². The number of aromatic nitrogens is 4. The number of carbonyl (C=O) groups is 1. The van der Waals surface area contributed by atoms with E-state index < -0.39 is 0 Å². The molecule has 0 fully saturated rings. The summed E-state index contributed by atoms with van der Waals surface area (Å²) in [6.45, 7) is 0.325. The van der Waals surface area contributed by atoms with Crippen LogP contribution in [0.4, 0.5) is 0 Å². The second-order valence-corrected chi connectivity index (χ2v) is 5.93. The molecule has 7 heteroatoms. The van der Waals surface area contributed by atoms with Gasteiger partial charge in [-0.25, -0.2) is 9.67 Å². The maximum Gasteiger partial charge on any atom is 0.253 e. The number of rotatable bonds is 4. The lowest BCUT2D eigenvalue weighted by Crippen LogP contribution is -2.24. The molecule has 0 atom stereocenters. The number of carbonyl (C=O) groups excluding carboxylic acids is 1. The summed E-state index contributed by atoms with van der Waals surface area (Å²) >= 11 is 5.98. The third-order valence-corrected chi connectivity index (χ3v) is 4.02. The van der Waals surface area contributed by atoms with E-state index in [9.17, 15) is 4.79 Å². The molecule has 3 heterocycles. The van der Waals surface area contributed by atoms with Crippen molar-refractivity contribution in [2.24, 2.45) is 0 Å². The lowest BCUT2D eigenvalue weighted by atomic mass is 10.1. The highest BCUT2D eigenvalue weighted by Gasteiger charge is 2.13. The molecule has 4 aromatic rings. The van der Waals surface area contributed by atoms with Crippen LogP contribution in [0.3, 0.4) is 0 Å². The van der Waals surface area contributed by atoms with Crippen LogP contribution in [-0.4, -0.2) is 25.1 Å². The molecule has 0 saturated carbocycles. The SMILES string of the molecule is O=C(NCc1cn2cc(Cl)ccc2n1)c1ccccc1-n1cccn1. The van der Waals surface area contributed by atoms with Crippen molar-refractivity contribution < 1.29 is 4.79 Å². The highest BCUT2D eigenvalue weighted by molar-refractivity contribution is 6.30. The number of pyridine rings is 1. The summed E-state index contributed by atoms with van der Waals surface area (Å²) in [5.74, 6) is -0.179. The first-order valence-corrected chi connectivity index (χ1v) is 8.09. The molecule has 124 valence electrons. The van der Waals surface area contributed by atoms with Crippen LogP contribution in [0.5, 0.6) is 0 Å². The quantitative estimate of drug-likeness (QED) is 0.614. The summed E-state index contributed by atoms with van der Waals surface area (Å²) in [5, 5.41) is 7.73. The van der Waals surface area contributed by atoms with E-state index in [4.69, 9.17) is 11.6 Å². The molecule has 3 aromatic heterocycles. The summed E-state index contributed by atoms with van der Waals surface area (Å²) < 4.78 is 3.50. The van der Waals surface area contributed by atoms with Crippen LogP contribution in [0.25, 0.3) is 11.3 Å². The van der Waals surface area contributed by atoms with Crippen LogP contribution < -0.4 is 5.32 Å². The van der Waals surface area contributed by atoms with Gasteiger partial charge in [-0.3, -0.25) is 4.79 Å². The van der Waals surface area contributed by atoms with Gasteiger partial charge in [0.1, 0.15) is 5.65 Å². The molecule has 0 aliphatic heterocycles. The lowest BCUT2D eigenvalue weighted by molar-refractivity contribution is 0.0950. The Labute approximate surface area is 148 Å². The molecule has 6 nitrogen and oxygen atoms in total. The molecule has 1 aromatic carbocycles. The second-order valence-electron chi connectivity index (χ2n) is 5.50. The standard InChI is InChI=1S/C18H14ClN5O/c19-13-6-7-17-22-14(12-23(17)11-13)10-20-18(25)15-4-1-2-5-16(15)24-9-3-8-21-24/h1-9,11-12H,10H2,(H,20,25). The zero-order chi connectivity index (χ0) is 17.2. The topological polar surface area (TPSA) is 64.2 Å². The van der Waals surface area contributed by atoms with E-state index in [1.165, 1.54) is 0 Å². The summed E-state index contributed by atoms with van der Waals surface area (Å²) in [4.78, 5) is 17.1. The molecule has 1 amide bonds. The lowest BCUT2D eigenvalue weighted by Gasteiger charge is -2.09. The zero-order valence-electron chi connectivity index (χ0n) is 13.1. The predicted octanol–water partition coefficient (Wildman–Crippen LogP) is 3.10. The number of benzene rings is 1. The van der Waals surface area contributed by atoms with Gasteiger partial charge in [-0.1, -0.05) is 23.7 Å². The molecule has 25 heavy (non-hydrogen) atoms. The van der Waals surface area contributed by atoms with Crippen molar-refractivity contribution in [2.75, 3.05) is 0 Å². The van der Waals surface area contributed by atoms with Gasteiger partial charge in [0, 0.05) is 24.8 Å². The van der Waals surface area contributed by atoms with Crippen molar-refractivity contribution in [1.82, 2.24) is 24.5 Å². The predicted molar refractivity (Wildman–Crippen MR) is 94.9 cm³/mol. The molecule has 0 aliphatic rings. The second kappa shape index (κ2) is 6.41. The average molecular weight is 352 g/mol. The fourth-order valence-electron chi connectivity index (χ4n) is 2.65. The number of fused-ring (bicyclic) bond motifs is 1. The normalized spacial score (nSPS) is 10.9. The minimum absolute atomic E-state index is 0.179. The first kappa shape index (κ1) is 15.4. The van der Waals surface area contributed by atoms with Crippen LogP contribution in [-0.2, 0) is 6.54 Å². The smallest absolute Gasteiger partial charge is 0.253 e. The van der Waals surface area contributed by atoms with Crippen molar-refractivity contribution in [2.45, 2.75) is 6.54 Å². The molecule has 0 aliphatic carbocycles. The number of hydrogen-bond acceptors (Lipinski definition) is 3. The Morgan fingerprint density at radius 2 is 2.00 bits per heavy atom. The van der Waals surface area contributed by atoms with E-state index in [1.54, 1.807) is 35.4 Å². The van der Waals surface area contributed by atoms with Gasteiger partial charge in [0.15, 0.2) is 0 Å². The summed E-state index contributed by atoms with van der Waals surface area (Å²) in [5.41, 5.74) is 2.82. The number of nitrogens with zero attached hydrogens (tertiary/aromatic N) is 4. The monoisotopic (exact) mass is 351 g/mol. The number of hydrogen-bond donors (Lipinski definition) is 1. The third-order valence-electron chi connectivity index (χ3n) is 3.79. The van der Waals surface area contributed by atoms with E-state index in [-0.39, 0.29) is 5.91 Å². The van der Waals surface area contributed by atoms with Crippen LogP contribution in [0, 0.1) is 0 Å². The number of imidazole rings is 1. The van der Waals surface area contributed by atoms with Crippen LogP contribution in [0.1, 0.15) is 16.1 Å². The maximum absolute atomic E-state index is 12.6. The van der Waals surface area contributed by atoms with Crippen LogP contribution in [0.15, 0.2) is 67.3 Å². The molecule has 0 saturated heterocycles. The van der Waals surface area contributed by atoms with Crippen molar-refractivity contribution in [3.63, 3.8) is 0 Å². The first-order valence-electron chi connectivity index (χ1n) is 7.71. The summed E-state index contributed by atoms with van der Waals surface area (Å²) in [7, 11) is 0. The largest absolute Gasteiger partial charge is 0.346 e. The molecular formula is C18H14ClN5O. The summed E-state index contributed by atoms with van der Waals surface area (Å²) in [6, 6.07) is 12.8. The van der Waals surface area contributed by atoms with Gasteiger partial charge < -0.3 is 9.72 Å². The Morgan fingerprint density at radius 3 is 2.84 bits per heavy atom. The fourth-order valence-corrected chi connectivity index (χ4v) is 2.81. The molecule has 4 rings (SSSR count). The Hall–Kier alpha value is -3.12. The zero-order valence-corrected chi connectivity index (χ0v) is 13.9. The number of nitrogens with one attached hydrogen (secondary N) is 1. The Morgan fingerprint density at radius 1 is 1.12 bits per heavy atom. The van der Waals surface area contributed by atoms with Crippen molar-refractivity contribution in [1.29, 1.82) is 0 Å². The van der Waals surface area contributed by atoms with E-state index in [2.05, 4.69) is 15.4 Å². The van der Waals surface area contributed by atoms with Crippen LogP contribution in [0.2, 0.25) is 5.02 Å². The Balaban J connectivity index is 1.54. The Kier molecular flexibility index (Phi) is 3.95. The Bertz CT molecular complexity index is 1040. The van der Waals surface area contributed by atoms with E-state index in [0.717, 1.165) is 17.0 Å². The first-order chi connectivity index (χ1) is 12.2. The van der Waals surface area contributed by atoms with Gasteiger partial charge >= 0.3 is 0 Å². The van der Waals surface area contributed by atoms with Gasteiger partial charge in [-0.2, -0.15) is 5.10 Å². The van der Waals surface area contributed by atoms with Gasteiger partial charge in [0.05, 0.1) is 28.5 Å². The van der Waals surface area contributed by atoms with Crippen molar-refractivity contribution >= 4 is 23.2 Å². The molecule has 0 bridgehead atoms. The molecule has 0 spiro atoms. The van der Waals surface area contributed by atoms with E-state index >= 15 is 0 Å². The van der Waals surface area contributed by atoms with Crippen LogP contribution >= 0.6 is 11.6 Å². The fraction of sp³-hybridized carbons (Fsp3) is 0.0556. The number of para-hydroxylation sites is 1. The van der Waals surface area contributed by atoms with Gasteiger partial charge in [-0.05, 0) is 30.3 Å². The van der Waals surface area contributed by atoms with Gasteiger partial charge in [0.25, 0.3) is 5.91 Å². The molecule has 0 radical (unpaired) electrons. The molecule has 0 unspecified atom stereocenters. The van der Waals surface area contributed by atoms with E-state index in [1.807, 2.05) is 40.9 Å².